The molecule has 0 N–H and O–H groups in total. The zero-order valence-corrected chi connectivity index (χ0v) is 11.1. The van der Waals surface area contributed by atoms with Crippen LogP contribution in [0, 0.1) is 0 Å². The third-order valence-corrected chi connectivity index (χ3v) is 1.33. The van der Waals surface area contributed by atoms with Crippen LogP contribution in [-0.4, -0.2) is 19.9 Å². The maximum Gasteiger partial charge on any atom is 2.00 e. The molecule has 0 saturated carbocycles. The molecule has 4 nitrogen and oxygen atoms in total. The summed E-state index contributed by atoms with van der Waals surface area (Å²) in [5.41, 5.74) is 0. The molecular weight excluding hydrogens is 418 g/mol. The second-order valence-corrected chi connectivity index (χ2v) is 2.14. The van der Waals surface area contributed by atoms with Gasteiger partial charge in [-0.3, -0.25) is 0 Å². The average molecular weight is 424 g/mol. The smallest absolute Gasteiger partial charge is 1.00 e. The Labute approximate surface area is 114 Å². The van der Waals surface area contributed by atoms with E-state index in [1.807, 2.05) is 0 Å². The first kappa shape index (κ1) is 16.8. The van der Waals surface area contributed by atoms with Crippen LogP contribution < -0.4 is 24.8 Å². The topological polar surface area (TPSA) is 51.6 Å². The molecule has 7 heteroatoms. The number of halogens is 2. The SMILES string of the molecule is [Cl-].[Cl-].[Pt+2].c1cnc(-c2ncccn2)nc1. The van der Waals surface area contributed by atoms with Gasteiger partial charge in [-0.05, 0) is 12.1 Å². The standard InChI is InChI=1S/C8H6N4.2ClH.Pt/c1-3-9-7(10-4-1)8-11-5-2-6-12-8;;;/h1-6H;2*1H;/q;;;+2/p-2. The van der Waals surface area contributed by atoms with Gasteiger partial charge in [0, 0.05) is 24.8 Å². The van der Waals surface area contributed by atoms with Crippen LogP contribution in [0.15, 0.2) is 36.9 Å². The summed E-state index contributed by atoms with van der Waals surface area (Å²) in [5.74, 6) is 1.11. The summed E-state index contributed by atoms with van der Waals surface area (Å²) in [6.07, 6.45) is 6.66. The second-order valence-electron chi connectivity index (χ2n) is 2.14. The molecule has 0 spiro atoms. The van der Waals surface area contributed by atoms with Crippen LogP contribution in [0.1, 0.15) is 0 Å². The van der Waals surface area contributed by atoms with Gasteiger partial charge in [0.05, 0.1) is 0 Å². The van der Waals surface area contributed by atoms with Crippen LogP contribution >= 0.6 is 0 Å². The summed E-state index contributed by atoms with van der Waals surface area (Å²) in [4.78, 5) is 16.1. The Morgan fingerprint density at radius 2 is 0.867 bits per heavy atom. The van der Waals surface area contributed by atoms with Crippen molar-refractivity contribution >= 4 is 0 Å². The van der Waals surface area contributed by atoms with Crippen LogP contribution in [0.2, 0.25) is 0 Å². The molecule has 0 unspecified atom stereocenters. The number of hydrogen-bond acceptors (Lipinski definition) is 4. The molecule has 0 amide bonds. The Hall–Kier alpha value is -0.572. The number of aromatic nitrogens is 4. The van der Waals surface area contributed by atoms with E-state index in [1.54, 1.807) is 36.9 Å². The first-order valence-electron chi connectivity index (χ1n) is 3.51. The number of nitrogens with zero attached hydrogens (tertiary/aromatic N) is 4. The predicted octanol–water partition coefficient (Wildman–Crippen LogP) is -5.06. The third kappa shape index (κ3) is 4.65. The van der Waals surface area contributed by atoms with Crippen LogP contribution in [0.3, 0.4) is 0 Å². The van der Waals surface area contributed by atoms with E-state index in [9.17, 15) is 0 Å². The summed E-state index contributed by atoms with van der Waals surface area (Å²) < 4.78 is 0. The Balaban J connectivity index is 0. The fraction of sp³-hybridized carbons (Fsp3) is 0. The van der Waals surface area contributed by atoms with E-state index in [0.717, 1.165) is 0 Å². The number of rotatable bonds is 1. The monoisotopic (exact) mass is 423 g/mol. The zero-order valence-electron chi connectivity index (χ0n) is 7.33. The molecule has 2 aromatic rings. The van der Waals surface area contributed by atoms with E-state index >= 15 is 0 Å². The Kier molecular flexibility index (Phi) is 9.78. The van der Waals surface area contributed by atoms with Crippen LogP contribution in [-0.2, 0) is 21.1 Å². The quantitative estimate of drug-likeness (QED) is 0.460. The van der Waals surface area contributed by atoms with Crippen LogP contribution in [0.4, 0.5) is 0 Å². The molecule has 0 aliphatic carbocycles. The molecule has 0 fully saturated rings. The Morgan fingerprint density at radius 1 is 0.600 bits per heavy atom. The largest absolute Gasteiger partial charge is 2.00 e. The minimum Gasteiger partial charge on any atom is -1.00 e. The maximum atomic E-state index is 4.01. The van der Waals surface area contributed by atoms with Gasteiger partial charge in [-0.15, -0.1) is 0 Å². The van der Waals surface area contributed by atoms with Crippen LogP contribution in [0.5, 0.6) is 0 Å². The van der Waals surface area contributed by atoms with Crippen LogP contribution in [0.25, 0.3) is 11.6 Å². The van der Waals surface area contributed by atoms with E-state index in [4.69, 9.17) is 0 Å². The normalized spacial score (nSPS) is 7.73. The van der Waals surface area contributed by atoms with E-state index in [1.165, 1.54) is 0 Å². The predicted molar refractivity (Wildman–Crippen MR) is 43.1 cm³/mol. The van der Waals surface area contributed by atoms with E-state index < -0.39 is 0 Å². The van der Waals surface area contributed by atoms with Crippen molar-refractivity contribution in [2.24, 2.45) is 0 Å². The zero-order chi connectivity index (χ0) is 8.23. The van der Waals surface area contributed by atoms with Gasteiger partial charge in [0.15, 0.2) is 11.6 Å². The summed E-state index contributed by atoms with van der Waals surface area (Å²) in [6, 6.07) is 3.51. The van der Waals surface area contributed by atoms with Gasteiger partial charge in [0.25, 0.3) is 0 Å². The summed E-state index contributed by atoms with van der Waals surface area (Å²) >= 11 is 0. The van der Waals surface area contributed by atoms with E-state index in [0.29, 0.717) is 11.6 Å². The van der Waals surface area contributed by atoms with Gasteiger partial charge in [-0.2, -0.15) is 0 Å². The van der Waals surface area contributed by atoms with E-state index in [2.05, 4.69) is 19.9 Å². The van der Waals surface area contributed by atoms with Gasteiger partial charge in [-0.25, -0.2) is 19.9 Å². The molecule has 0 aromatic carbocycles. The molecule has 0 aliphatic rings. The molecule has 2 aromatic heterocycles. The molecular formula is C8H6Cl2N4Pt. The minimum atomic E-state index is 0. The summed E-state index contributed by atoms with van der Waals surface area (Å²) in [5, 5.41) is 0. The van der Waals surface area contributed by atoms with Crippen molar-refractivity contribution in [2.45, 2.75) is 0 Å². The van der Waals surface area contributed by atoms with Gasteiger partial charge < -0.3 is 24.8 Å². The van der Waals surface area contributed by atoms with Crippen molar-refractivity contribution in [3.05, 3.63) is 36.9 Å². The maximum absolute atomic E-state index is 4.01. The van der Waals surface area contributed by atoms with Crippen molar-refractivity contribution in [3.8, 4) is 11.6 Å². The van der Waals surface area contributed by atoms with Gasteiger partial charge in [0.1, 0.15) is 0 Å². The Morgan fingerprint density at radius 3 is 1.13 bits per heavy atom. The Bertz CT molecular complexity index is 322. The summed E-state index contributed by atoms with van der Waals surface area (Å²) in [7, 11) is 0. The second kappa shape index (κ2) is 8.71. The molecule has 0 aliphatic heterocycles. The van der Waals surface area contributed by atoms with Gasteiger partial charge in [0.2, 0.25) is 0 Å². The molecule has 0 bridgehead atoms. The van der Waals surface area contributed by atoms with Crippen molar-refractivity contribution < 1.29 is 45.9 Å². The number of hydrogen-bond donors (Lipinski definition) is 0. The van der Waals surface area contributed by atoms with Crippen molar-refractivity contribution in [3.63, 3.8) is 0 Å². The minimum absolute atomic E-state index is 0. The fourth-order valence-corrected chi connectivity index (χ4v) is 0.829. The molecule has 0 atom stereocenters. The average Bonchev–Trinajstić information content (AvgIpc) is 2.21. The van der Waals surface area contributed by atoms with Gasteiger partial charge in [-0.1, -0.05) is 0 Å². The molecule has 82 valence electrons. The summed E-state index contributed by atoms with van der Waals surface area (Å²) in [6.45, 7) is 0. The fourth-order valence-electron chi connectivity index (χ4n) is 0.829. The molecule has 2 heterocycles. The molecule has 0 saturated heterocycles. The first-order valence-corrected chi connectivity index (χ1v) is 3.51. The van der Waals surface area contributed by atoms with Crippen molar-refractivity contribution in [1.82, 2.24) is 19.9 Å². The van der Waals surface area contributed by atoms with E-state index in [-0.39, 0.29) is 45.9 Å². The van der Waals surface area contributed by atoms with Gasteiger partial charge >= 0.3 is 21.1 Å². The first-order chi connectivity index (χ1) is 5.97. The molecule has 15 heavy (non-hydrogen) atoms. The van der Waals surface area contributed by atoms with Crippen molar-refractivity contribution in [2.75, 3.05) is 0 Å². The molecule has 2 rings (SSSR count). The third-order valence-electron chi connectivity index (χ3n) is 1.33. The van der Waals surface area contributed by atoms with Crippen molar-refractivity contribution in [1.29, 1.82) is 0 Å². The molecule has 0 radical (unpaired) electrons.